The molecule has 2 heterocycles. The minimum Gasteiger partial charge on any atom is -0.325 e. The van der Waals surface area contributed by atoms with Crippen molar-refractivity contribution in [3.63, 3.8) is 0 Å². The van der Waals surface area contributed by atoms with E-state index in [0.717, 1.165) is 11.0 Å². The quantitative estimate of drug-likeness (QED) is 0.895. The molecule has 0 saturated carbocycles. The van der Waals surface area contributed by atoms with Crippen molar-refractivity contribution >= 4 is 28.9 Å². The summed E-state index contributed by atoms with van der Waals surface area (Å²) in [5.74, 6) is 0.357. The minimum atomic E-state index is -0.0889. The highest BCUT2D eigenvalue weighted by Crippen LogP contribution is 2.21. The number of nitrogens with zero attached hydrogens (tertiary/aromatic N) is 3. The lowest BCUT2D eigenvalue weighted by Gasteiger charge is -2.34. The Morgan fingerprint density at radius 2 is 1.92 bits per heavy atom. The maximum atomic E-state index is 12.5. The molecule has 3 rings (SSSR count). The second-order valence-electron chi connectivity index (χ2n) is 6.31. The van der Waals surface area contributed by atoms with E-state index in [9.17, 15) is 9.59 Å². The number of benzene rings is 1. The standard InChI is InChI=1S/C18H25N5O2/c1-3-22(4-2)18(25)23-11-9-13(10-12-23)16(24)21-17-19-14-7-5-6-8-15(14)20-17/h5-8,13H,3-4,9-12H2,1-2H3,(H2,19,20,21,24). The Morgan fingerprint density at radius 3 is 2.56 bits per heavy atom. The van der Waals surface area contributed by atoms with E-state index in [4.69, 9.17) is 0 Å². The fourth-order valence-corrected chi connectivity index (χ4v) is 3.26. The fourth-order valence-electron chi connectivity index (χ4n) is 3.26. The molecule has 1 fully saturated rings. The molecular weight excluding hydrogens is 318 g/mol. The van der Waals surface area contributed by atoms with E-state index in [2.05, 4.69) is 15.3 Å². The Balaban J connectivity index is 1.55. The van der Waals surface area contributed by atoms with Gasteiger partial charge in [0.05, 0.1) is 11.0 Å². The zero-order chi connectivity index (χ0) is 17.8. The van der Waals surface area contributed by atoms with Crippen LogP contribution in [-0.4, -0.2) is 57.9 Å². The van der Waals surface area contributed by atoms with Crippen LogP contribution in [0.15, 0.2) is 24.3 Å². The van der Waals surface area contributed by atoms with Gasteiger partial charge in [-0.05, 0) is 38.8 Å². The number of rotatable bonds is 4. The summed E-state index contributed by atoms with van der Waals surface area (Å²) in [6.07, 6.45) is 1.36. The molecule has 7 heteroatoms. The average molecular weight is 343 g/mol. The summed E-state index contributed by atoms with van der Waals surface area (Å²) in [5, 5.41) is 2.87. The third-order valence-corrected chi connectivity index (χ3v) is 4.80. The van der Waals surface area contributed by atoms with Crippen LogP contribution in [0, 0.1) is 5.92 Å². The molecule has 0 bridgehead atoms. The van der Waals surface area contributed by atoms with E-state index in [1.165, 1.54) is 0 Å². The van der Waals surface area contributed by atoms with Gasteiger partial charge in [0.15, 0.2) is 0 Å². The number of nitrogens with one attached hydrogen (secondary N) is 2. The minimum absolute atomic E-state index is 0.0333. The SMILES string of the molecule is CCN(CC)C(=O)N1CCC(C(=O)Nc2nc3ccccc3[nH]2)CC1. The first-order chi connectivity index (χ1) is 12.1. The summed E-state index contributed by atoms with van der Waals surface area (Å²) in [6.45, 7) is 6.62. The van der Waals surface area contributed by atoms with Crippen LogP contribution >= 0.6 is 0 Å². The highest BCUT2D eigenvalue weighted by Gasteiger charge is 2.29. The normalized spacial score (nSPS) is 15.4. The van der Waals surface area contributed by atoms with E-state index in [-0.39, 0.29) is 17.9 Å². The van der Waals surface area contributed by atoms with Crippen molar-refractivity contribution in [1.82, 2.24) is 19.8 Å². The lowest BCUT2D eigenvalue weighted by atomic mass is 9.96. The van der Waals surface area contributed by atoms with E-state index >= 15 is 0 Å². The van der Waals surface area contributed by atoms with Crippen molar-refractivity contribution in [3.8, 4) is 0 Å². The second-order valence-corrected chi connectivity index (χ2v) is 6.31. The number of hydrogen-bond donors (Lipinski definition) is 2. The number of carbonyl (C=O) groups excluding carboxylic acids is 2. The highest BCUT2D eigenvalue weighted by atomic mass is 16.2. The molecule has 3 amide bonds. The van der Waals surface area contributed by atoms with Gasteiger partial charge in [0.2, 0.25) is 11.9 Å². The molecule has 1 saturated heterocycles. The van der Waals surface area contributed by atoms with Crippen LogP contribution in [0.2, 0.25) is 0 Å². The number of aromatic nitrogens is 2. The third-order valence-electron chi connectivity index (χ3n) is 4.80. The predicted octanol–water partition coefficient (Wildman–Crippen LogP) is 2.68. The van der Waals surface area contributed by atoms with Crippen molar-refractivity contribution in [2.24, 2.45) is 5.92 Å². The Morgan fingerprint density at radius 1 is 1.24 bits per heavy atom. The number of carbonyl (C=O) groups is 2. The summed E-state index contributed by atoms with van der Waals surface area (Å²) < 4.78 is 0. The van der Waals surface area contributed by atoms with Gasteiger partial charge in [-0.2, -0.15) is 0 Å². The maximum absolute atomic E-state index is 12.5. The molecule has 1 aromatic carbocycles. The molecule has 134 valence electrons. The van der Waals surface area contributed by atoms with Crippen LogP contribution in [0.1, 0.15) is 26.7 Å². The van der Waals surface area contributed by atoms with Crippen molar-refractivity contribution in [2.45, 2.75) is 26.7 Å². The van der Waals surface area contributed by atoms with E-state index in [1.54, 1.807) is 0 Å². The number of amides is 3. The van der Waals surface area contributed by atoms with Crippen LogP contribution in [0.25, 0.3) is 11.0 Å². The molecule has 2 N–H and O–H groups in total. The number of H-pyrrole nitrogens is 1. The van der Waals surface area contributed by atoms with Crippen molar-refractivity contribution in [3.05, 3.63) is 24.3 Å². The number of aromatic amines is 1. The van der Waals surface area contributed by atoms with E-state index in [0.29, 0.717) is 45.0 Å². The number of urea groups is 1. The van der Waals surface area contributed by atoms with Gasteiger partial charge in [-0.15, -0.1) is 0 Å². The lowest BCUT2D eigenvalue weighted by Crippen LogP contribution is -2.47. The van der Waals surface area contributed by atoms with Crippen molar-refractivity contribution in [2.75, 3.05) is 31.5 Å². The molecule has 0 radical (unpaired) electrons. The predicted molar refractivity (Wildman–Crippen MR) is 97.3 cm³/mol. The summed E-state index contributed by atoms with van der Waals surface area (Å²) in [4.78, 5) is 36.0. The summed E-state index contributed by atoms with van der Waals surface area (Å²) in [5.41, 5.74) is 1.73. The van der Waals surface area contributed by atoms with Gasteiger partial charge >= 0.3 is 6.03 Å². The number of fused-ring (bicyclic) bond motifs is 1. The van der Waals surface area contributed by atoms with Crippen molar-refractivity contribution < 1.29 is 9.59 Å². The Kier molecular flexibility index (Phi) is 5.21. The number of imidazole rings is 1. The van der Waals surface area contributed by atoms with Gasteiger partial charge in [-0.3, -0.25) is 10.1 Å². The largest absolute Gasteiger partial charge is 0.325 e. The first-order valence-electron chi connectivity index (χ1n) is 8.91. The number of para-hydroxylation sites is 2. The number of piperidine rings is 1. The second kappa shape index (κ2) is 7.55. The van der Waals surface area contributed by atoms with Crippen LogP contribution in [0.5, 0.6) is 0 Å². The van der Waals surface area contributed by atoms with Gasteiger partial charge in [0.1, 0.15) is 0 Å². The molecule has 0 atom stereocenters. The average Bonchev–Trinajstić information content (AvgIpc) is 3.05. The smallest absolute Gasteiger partial charge is 0.319 e. The summed E-state index contributed by atoms with van der Waals surface area (Å²) in [7, 11) is 0. The van der Waals surface area contributed by atoms with Crippen molar-refractivity contribution in [1.29, 1.82) is 0 Å². The number of anilines is 1. The first-order valence-corrected chi connectivity index (χ1v) is 8.91. The van der Waals surface area contributed by atoms with Gasteiger partial charge < -0.3 is 14.8 Å². The molecule has 1 aliphatic rings. The molecule has 2 aromatic rings. The Hall–Kier alpha value is -2.57. The summed E-state index contributed by atoms with van der Waals surface area (Å²) in [6, 6.07) is 7.74. The molecule has 7 nitrogen and oxygen atoms in total. The molecule has 0 aliphatic carbocycles. The van der Waals surface area contributed by atoms with Crippen LogP contribution in [0.3, 0.4) is 0 Å². The molecule has 1 aromatic heterocycles. The Bertz CT molecular complexity index is 712. The van der Waals surface area contributed by atoms with E-state index in [1.807, 2.05) is 47.9 Å². The molecule has 0 spiro atoms. The van der Waals surface area contributed by atoms with Gasteiger partial charge in [0, 0.05) is 32.1 Å². The zero-order valence-corrected chi connectivity index (χ0v) is 14.8. The fraction of sp³-hybridized carbons (Fsp3) is 0.500. The summed E-state index contributed by atoms with van der Waals surface area (Å²) >= 11 is 0. The Labute approximate surface area is 147 Å². The molecule has 1 aliphatic heterocycles. The van der Waals surface area contributed by atoms with Gasteiger partial charge in [-0.25, -0.2) is 9.78 Å². The molecular formula is C18H25N5O2. The molecule has 25 heavy (non-hydrogen) atoms. The van der Waals surface area contributed by atoms with Gasteiger partial charge in [-0.1, -0.05) is 12.1 Å². The third kappa shape index (κ3) is 3.75. The maximum Gasteiger partial charge on any atom is 0.319 e. The zero-order valence-electron chi connectivity index (χ0n) is 14.8. The monoisotopic (exact) mass is 343 g/mol. The number of hydrogen-bond acceptors (Lipinski definition) is 3. The first kappa shape index (κ1) is 17.3. The van der Waals surface area contributed by atoms with Crippen LogP contribution in [0.4, 0.5) is 10.7 Å². The van der Waals surface area contributed by atoms with E-state index < -0.39 is 0 Å². The highest BCUT2D eigenvalue weighted by molar-refractivity contribution is 5.92. The van der Waals surface area contributed by atoms with Crippen LogP contribution in [-0.2, 0) is 4.79 Å². The molecule has 0 unspecified atom stereocenters. The van der Waals surface area contributed by atoms with Crippen LogP contribution < -0.4 is 5.32 Å². The number of likely N-dealkylation sites (tertiary alicyclic amines) is 1. The lowest BCUT2D eigenvalue weighted by molar-refractivity contribution is -0.121. The topological polar surface area (TPSA) is 81.3 Å². The van der Waals surface area contributed by atoms with Gasteiger partial charge in [0.25, 0.3) is 0 Å².